The SMILES string of the molecule is OC1(Cc2ccc(Cl)cc2)CCCOC1. The minimum absolute atomic E-state index is 0.440. The first kappa shape index (κ1) is 10.9. The molecule has 2 nitrogen and oxygen atoms in total. The van der Waals surface area contributed by atoms with Gasteiger partial charge in [-0.05, 0) is 30.5 Å². The Labute approximate surface area is 94.8 Å². The van der Waals surface area contributed by atoms with Gasteiger partial charge in [0.1, 0.15) is 0 Å². The zero-order valence-corrected chi connectivity index (χ0v) is 9.33. The minimum Gasteiger partial charge on any atom is -0.387 e. The Kier molecular flexibility index (Phi) is 3.29. The van der Waals surface area contributed by atoms with Crippen LogP contribution in [0.25, 0.3) is 0 Å². The molecule has 1 saturated heterocycles. The van der Waals surface area contributed by atoms with Crippen LogP contribution in [0, 0.1) is 0 Å². The van der Waals surface area contributed by atoms with Crippen LogP contribution >= 0.6 is 11.6 Å². The van der Waals surface area contributed by atoms with E-state index >= 15 is 0 Å². The summed E-state index contributed by atoms with van der Waals surface area (Å²) in [7, 11) is 0. The van der Waals surface area contributed by atoms with Gasteiger partial charge < -0.3 is 9.84 Å². The zero-order chi connectivity index (χ0) is 10.7. The number of ether oxygens (including phenoxy) is 1. The highest BCUT2D eigenvalue weighted by atomic mass is 35.5. The van der Waals surface area contributed by atoms with Crippen molar-refractivity contribution in [3.8, 4) is 0 Å². The fourth-order valence-electron chi connectivity index (χ4n) is 1.96. The van der Waals surface area contributed by atoms with Gasteiger partial charge in [0.15, 0.2) is 0 Å². The summed E-state index contributed by atoms with van der Waals surface area (Å²) >= 11 is 5.80. The van der Waals surface area contributed by atoms with Crippen molar-refractivity contribution in [2.24, 2.45) is 0 Å². The Morgan fingerprint density at radius 3 is 2.67 bits per heavy atom. The minimum atomic E-state index is -0.688. The molecule has 0 aliphatic carbocycles. The molecule has 0 radical (unpaired) electrons. The Balaban J connectivity index is 2.03. The first-order chi connectivity index (χ1) is 7.18. The van der Waals surface area contributed by atoms with Gasteiger partial charge in [0.05, 0.1) is 12.2 Å². The quantitative estimate of drug-likeness (QED) is 0.840. The van der Waals surface area contributed by atoms with Crippen LogP contribution in [0.1, 0.15) is 18.4 Å². The molecule has 1 aromatic carbocycles. The smallest absolute Gasteiger partial charge is 0.0921 e. The topological polar surface area (TPSA) is 29.5 Å². The molecular weight excluding hydrogens is 212 g/mol. The van der Waals surface area contributed by atoms with E-state index in [4.69, 9.17) is 16.3 Å². The first-order valence-electron chi connectivity index (χ1n) is 5.23. The van der Waals surface area contributed by atoms with Gasteiger partial charge in [-0.25, -0.2) is 0 Å². The van der Waals surface area contributed by atoms with Gasteiger partial charge in [-0.3, -0.25) is 0 Å². The normalized spacial score (nSPS) is 26.5. The summed E-state index contributed by atoms with van der Waals surface area (Å²) in [6, 6.07) is 7.61. The maximum absolute atomic E-state index is 10.2. The lowest BCUT2D eigenvalue weighted by Gasteiger charge is -2.32. The van der Waals surface area contributed by atoms with Crippen LogP contribution in [-0.2, 0) is 11.2 Å². The van der Waals surface area contributed by atoms with E-state index in [1.54, 1.807) is 0 Å². The second-order valence-electron chi connectivity index (χ2n) is 4.18. The van der Waals surface area contributed by atoms with Crippen molar-refractivity contribution >= 4 is 11.6 Å². The Morgan fingerprint density at radius 1 is 1.33 bits per heavy atom. The summed E-state index contributed by atoms with van der Waals surface area (Å²) in [5, 5.41) is 11.0. The number of hydrogen-bond donors (Lipinski definition) is 1. The van der Waals surface area contributed by atoms with Crippen LogP contribution < -0.4 is 0 Å². The van der Waals surface area contributed by atoms with Crippen LogP contribution in [0.3, 0.4) is 0 Å². The van der Waals surface area contributed by atoms with Gasteiger partial charge in [-0.15, -0.1) is 0 Å². The molecule has 15 heavy (non-hydrogen) atoms. The highest BCUT2D eigenvalue weighted by Crippen LogP contribution is 2.24. The lowest BCUT2D eigenvalue weighted by Crippen LogP contribution is -2.40. The fourth-order valence-corrected chi connectivity index (χ4v) is 2.09. The standard InChI is InChI=1S/C12H15ClO2/c13-11-4-2-10(3-5-11)8-12(14)6-1-7-15-9-12/h2-5,14H,1,6-9H2. The van der Waals surface area contributed by atoms with Crippen LogP contribution in [-0.4, -0.2) is 23.9 Å². The highest BCUT2D eigenvalue weighted by molar-refractivity contribution is 6.30. The lowest BCUT2D eigenvalue weighted by atomic mass is 9.89. The molecule has 0 amide bonds. The molecule has 0 bridgehead atoms. The Morgan fingerprint density at radius 2 is 2.07 bits per heavy atom. The molecule has 1 atom stereocenters. The van der Waals surface area contributed by atoms with Gasteiger partial charge in [0, 0.05) is 18.1 Å². The second-order valence-corrected chi connectivity index (χ2v) is 4.62. The average Bonchev–Trinajstić information content (AvgIpc) is 2.22. The molecule has 0 spiro atoms. The number of rotatable bonds is 2. The molecule has 1 N–H and O–H groups in total. The van der Waals surface area contributed by atoms with Gasteiger partial charge in [0.2, 0.25) is 0 Å². The molecule has 0 saturated carbocycles. The van der Waals surface area contributed by atoms with Crippen molar-refractivity contribution in [2.45, 2.75) is 24.9 Å². The van der Waals surface area contributed by atoms with Crippen molar-refractivity contribution in [3.63, 3.8) is 0 Å². The molecule has 1 aliphatic rings. The van der Waals surface area contributed by atoms with E-state index in [0.717, 1.165) is 30.0 Å². The fraction of sp³-hybridized carbons (Fsp3) is 0.500. The largest absolute Gasteiger partial charge is 0.387 e. The number of halogens is 1. The number of benzene rings is 1. The lowest BCUT2D eigenvalue weighted by molar-refractivity contribution is -0.0844. The monoisotopic (exact) mass is 226 g/mol. The maximum Gasteiger partial charge on any atom is 0.0921 e. The van der Waals surface area contributed by atoms with Gasteiger partial charge >= 0.3 is 0 Å². The number of hydrogen-bond acceptors (Lipinski definition) is 2. The molecule has 1 aromatic rings. The van der Waals surface area contributed by atoms with Crippen molar-refractivity contribution in [3.05, 3.63) is 34.9 Å². The van der Waals surface area contributed by atoms with Crippen molar-refractivity contribution in [2.75, 3.05) is 13.2 Å². The van der Waals surface area contributed by atoms with E-state index in [-0.39, 0.29) is 0 Å². The summed E-state index contributed by atoms with van der Waals surface area (Å²) in [5.41, 5.74) is 0.416. The van der Waals surface area contributed by atoms with Crippen LogP contribution in [0.4, 0.5) is 0 Å². The summed E-state index contributed by atoms with van der Waals surface area (Å²) < 4.78 is 5.30. The van der Waals surface area contributed by atoms with E-state index < -0.39 is 5.60 Å². The van der Waals surface area contributed by atoms with Crippen molar-refractivity contribution in [1.29, 1.82) is 0 Å². The molecule has 1 fully saturated rings. The Hall–Kier alpha value is -0.570. The average molecular weight is 227 g/mol. The summed E-state index contributed by atoms with van der Waals surface area (Å²) in [4.78, 5) is 0. The maximum atomic E-state index is 10.2. The summed E-state index contributed by atoms with van der Waals surface area (Å²) in [6.45, 7) is 1.21. The van der Waals surface area contributed by atoms with Crippen molar-refractivity contribution < 1.29 is 9.84 Å². The van der Waals surface area contributed by atoms with Crippen molar-refractivity contribution in [1.82, 2.24) is 0 Å². The van der Waals surface area contributed by atoms with Crippen LogP contribution in [0.15, 0.2) is 24.3 Å². The summed E-state index contributed by atoms with van der Waals surface area (Å²) in [6.07, 6.45) is 2.39. The second kappa shape index (κ2) is 4.52. The molecular formula is C12H15ClO2. The van der Waals surface area contributed by atoms with E-state index in [1.807, 2.05) is 24.3 Å². The number of aliphatic hydroxyl groups is 1. The molecule has 0 aromatic heterocycles. The Bertz CT molecular complexity index is 315. The van der Waals surface area contributed by atoms with E-state index in [9.17, 15) is 5.11 Å². The summed E-state index contributed by atoms with van der Waals surface area (Å²) in [5.74, 6) is 0. The molecule has 2 rings (SSSR count). The predicted octanol–water partition coefficient (Wildman–Crippen LogP) is 2.42. The van der Waals surface area contributed by atoms with Crippen LogP contribution in [0.5, 0.6) is 0 Å². The van der Waals surface area contributed by atoms with Gasteiger partial charge in [-0.2, -0.15) is 0 Å². The van der Waals surface area contributed by atoms with Crippen LogP contribution in [0.2, 0.25) is 5.02 Å². The van der Waals surface area contributed by atoms with E-state index in [0.29, 0.717) is 13.0 Å². The third-order valence-electron chi connectivity index (χ3n) is 2.75. The molecule has 3 heteroatoms. The van der Waals surface area contributed by atoms with E-state index in [2.05, 4.69) is 0 Å². The zero-order valence-electron chi connectivity index (χ0n) is 8.58. The highest BCUT2D eigenvalue weighted by Gasteiger charge is 2.30. The molecule has 1 unspecified atom stereocenters. The molecule has 82 valence electrons. The first-order valence-corrected chi connectivity index (χ1v) is 5.60. The molecule has 1 heterocycles. The third kappa shape index (κ3) is 2.94. The third-order valence-corrected chi connectivity index (χ3v) is 3.00. The van der Waals surface area contributed by atoms with Gasteiger partial charge in [0.25, 0.3) is 0 Å². The molecule has 1 aliphatic heterocycles. The predicted molar refractivity (Wildman–Crippen MR) is 60.2 cm³/mol. The van der Waals surface area contributed by atoms with E-state index in [1.165, 1.54) is 0 Å². The van der Waals surface area contributed by atoms with Gasteiger partial charge in [-0.1, -0.05) is 23.7 Å².